The SMILES string of the molecule is CN(CCCC(=O)O)C(=O)Nc1ccc([N+](=O)[O-])cc1Br. The number of hydrogen-bond donors (Lipinski definition) is 2. The van der Waals surface area contributed by atoms with E-state index in [9.17, 15) is 19.7 Å². The van der Waals surface area contributed by atoms with Gasteiger partial charge in [0.05, 0.1) is 10.6 Å². The zero-order valence-electron chi connectivity index (χ0n) is 11.2. The van der Waals surface area contributed by atoms with Crippen LogP contribution in [-0.4, -0.2) is 40.5 Å². The number of rotatable bonds is 6. The fourth-order valence-corrected chi connectivity index (χ4v) is 1.96. The Hall–Kier alpha value is -2.16. The summed E-state index contributed by atoms with van der Waals surface area (Å²) in [7, 11) is 1.54. The van der Waals surface area contributed by atoms with Crippen molar-refractivity contribution in [3.63, 3.8) is 0 Å². The quantitative estimate of drug-likeness (QED) is 0.598. The van der Waals surface area contributed by atoms with E-state index in [0.29, 0.717) is 23.1 Å². The molecular formula is C12H14BrN3O5. The summed E-state index contributed by atoms with van der Waals surface area (Å²) in [6.45, 7) is 0.294. The predicted octanol–water partition coefficient (Wildman–Crippen LogP) is 2.69. The van der Waals surface area contributed by atoms with E-state index in [1.54, 1.807) is 0 Å². The van der Waals surface area contributed by atoms with E-state index in [2.05, 4.69) is 21.2 Å². The van der Waals surface area contributed by atoms with Crippen molar-refractivity contribution in [3.05, 3.63) is 32.8 Å². The first-order valence-electron chi connectivity index (χ1n) is 5.99. The van der Waals surface area contributed by atoms with Gasteiger partial charge in [0.25, 0.3) is 5.69 Å². The summed E-state index contributed by atoms with van der Waals surface area (Å²) in [5, 5.41) is 21.7. The average molecular weight is 360 g/mol. The van der Waals surface area contributed by atoms with Crippen LogP contribution < -0.4 is 5.32 Å². The van der Waals surface area contributed by atoms with Gasteiger partial charge in [0, 0.05) is 36.6 Å². The second-order valence-electron chi connectivity index (χ2n) is 4.27. The first-order valence-corrected chi connectivity index (χ1v) is 6.78. The van der Waals surface area contributed by atoms with E-state index in [4.69, 9.17) is 5.11 Å². The minimum Gasteiger partial charge on any atom is -0.481 e. The van der Waals surface area contributed by atoms with Crippen molar-refractivity contribution < 1.29 is 19.6 Å². The Bertz CT molecular complexity index is 564. The number of urea groups is 1. The van der Waals surface area contributed by atoms with Crippen molar-refractivity contribution >= 4 is 39.3 Å². The number of carbonyl (C=O) groups excluding carboxylic acids is 1. The molecule has 0 unspecified atom stereocenters. The number of amides is 2. The number of nitro benzene ring substituents is 1. The lowest BCUT2D eigenvalue weighted by molar-refractivity contribution is -0.384. The molecule has 114 valence electrons. The second kappa shape index (κ2) is 7.58. The van der Waals surface area contributed by atoms with Gasteiger partial charge in [0.15, 0.2) is 0 Å². The molecule has 0 atom stereocenters. The molecule has 2 amide bonds. The summed E-state index contributed by atoms with van der Waals surface area (Å²) in [4.78, 5) is 33.7. The van der Waals surface area contributed by atoms with Crippen LogP contribution in [0.4, 0.5) is 16.2 Å². The first-order chi connectivity index (χ1) is 9.81. The van der Waals surface area contributed by atoms with Crippen LogP contribution in [0.15, 0.2) is 22.7 Å². The molecular weight excluding hydrogens is 346 g/mol. The molecule has 0 aliphatic heterocycles. The Kier molecular flexibility index (Phi) is 6.10. The Balaban J connectivity index is 2.62. The molecule has 1 rings (SSSR count). The third kappa shape index (κ3) is 5.38. The smallest absolute Gasteiger partial charge is 0.321 e. The van der Waals surface area contributed by atoms with Crippen molar-refractivity contribution in [1.29, 1.82) is 0 Å². The average Bonchev–Trinajstić information content (AvgIpc) is 2.40. The summed E-state index contributed by atoms with van der Waals surface area (Å²) >= 11 is 3.15. The van der Waals surface area contributed by atoms with E-state index < -0.39 is 16.9 Å². The number of carbonyl (C=O) groups is 2. The Labute approximate surface area is 129 Å². The van der Waals surface area contributed by atoms with Gasteiger partial charge in [0.1, 0.15) is 0 Å². The Morgan fingerprint density at radius 2 is 2.14 bits per heavy atom. The van der Waals surface area contributed by atoms with Crippen LogP contribution in [0.5, 0.6) is 0 Å². The van der Waals surface area contributed by atoms with Crippen LogP contribution in [0, 0.1) is 10.1 Å². The predicted molar refractivity (Wildman–Crippen MR) is 79.3 cm³/mol. The lowest BCUT2D eigenvalue weighted by atomic mass is 10.3. The zero-order chi connectivity index (χ0) is 16.0. The molecule has 2 N–H and O–H groups in total. The summed E-state index contributed by atoms with van der Waals surface area (Å²) in [5.74, 6) is -0.915. The number of nitrogens with one attached hydrogen (secondary N) is 1. The summed E-state index contributed by atoms with van der Waals surface area (Å²) in [6.07, 6.45) is 0.333. The molecule has 0 aliphatic carbocycles. The zero-order valence-corrected chi connectivity index (χ0v) is 12.8. The maximum atomic E-state index is 11.9. The standard InChI is InChI=1S/C12H14BrN3O5/c1-15(6-2-3-11(17)18)12(19)14-10-5-4-8(16(20)21)7-9(10)13/h4-5,7H,2-3,6H2,1H3,(H,14,19)(H,17,18). The van der Waals surface area contributed by atoms with Crippen molar-refractivity contribution in [2.24, 2.45) is 0 Å². The lowest BCUT2D eigenvalue weighted by Crippen LogP contribution is -2.32. The van der Waals surface area contributed by atoms with Crippen molar-refractivity contribution in [1.82, 2.24) is 4.90 Å². The Morgan fingerprint density at radius 1 is 1.48 bits per heavy atom. The molecule has 0 fully saturated rings. The number of benzene rings is 1. The minimum absolute atomic E-state index is 0.0150. The van der Waals surface area contributed by atoms with Crippen molar-refractivity contribution in [2.45, 2.75) is 12.8 Å². The van der Waals surface area contributed by atoms with Gasteiger partial charge in [-0.15, -0.1) is 0 Å². The maximum absolute atomic E-state index is 11.9. The minimum atomic E-state index is -0.915. The molecule has 0 aliphatic rings. The van der Waals surface area contributed by atoms with E-state index in [-0.39, 0.29) is 12.1 Å². The van der Waals surface area contributed by atoms with Crippen LogP contribution in [0.3, 0.4) is 0 Å². The number of aliphatic carboxylic acids is 1. The van der Waals surface area contributed by atoms with Gasteiger partial charge in [-0.1, -0.05) is 0 Å². The van der Waals surface area contributed by atoms with Gasteiger partial charge in [-0.2, -0.15) is 0 Å². The molecule has 0 aromatic heterocycles. The van der Waals surface area contributed by atoms with Crippen LogP contribution in [0.25, 0.3) is 0 Å². The topological polar surface area (TPSA) is 113 Å². The van der Waals surface area contributed by atoms with Crippen LogP contribution in [-0.2, 0) is 4.79 Å². The maximum Gasteiger partial charge on any atom is 0.321 e. The molecule has 21 heavy (non-hydrogen) atoms. The molecule has 0 bridgehead atoms. The van der Waals surface area contributed by atoms with Gasteiger partial charge in [0.2, 0.25) is 0 Å². The third-order valence-electron chi connectivity index (χ3n) is 2.64. The van der Waals surface area contributed by atoms with Crippen LogP contribution in [0.2, 0.25) is 0 Å². The number of halogens is 1. The van der Waals surface area contributed by atoms with Crippen LogP contribution in [0.1, 0.15) is 12.8 Å². The third-order valence-corrected chi connectivity index (χ3v) is 3.29. The number of carboxylic acid groups (broad SMARTS) is 1. The molecule has 0 saturated carbocycles. The van der Waals surface area contributed by atoms with Gasteiger partial charge in [-0.25, -0.2) is 4.79 Å². The molecule has 0 heterocycles. The monoisotopic (exact) mass is 359 g/mol. The summed E-state index contributed by atoms with van der Waals surface area (Å²) in [6, 6.07) is 3.57. The van der Waals surface area contributed by atoms with Gasteiger partial charge >= 0.3 is 12.0 Å². The highest BCUT2D eigenvalue weighted by atomic mass is 79.9. The molecule has 9 heteroatoms. The van der Waals surface area contributed by atoms with Gasteiger partial charge < -0.3 is 15.3 Å². The molecule has 1 aromatic rings. The van der Waals surface area contributed by atoms with E-state index >= 15 is 0 Å². The van der Waals surface area contributed by atoms with Crippen molar-refractivity contribution in [3.8, 4) is 0 Å². The summed E-state index contributed by atoms with van der Waals surface area (Å²) < 4.78 is 0.393. The van der Waals surface area contributed by atoms with Gasteiger partial charge in [-0.3, -0.25) is 14.9 Å². The van der Waals surface area contributed by atoms with E-state index in [1.807, 2.05) is 0 Å². The van der Waals surface area contributed by atoms with Gasteiger partial charge in [-0.05, 0) is 28.4 Å². The highest BCUT2D eigenvalue weighted by Gasteiger charge is 2.13. The highest BCUT2D eigenvalue weighted by molar-refractivity contribution is 9.10. The highest BCUT2D eigenvalue weighted by Crippen LogP contribution is 2.27. The number of non-ortho nitro benzene ring substituents is 1. The molecule has 1 aromatic carbocycles. The molecule has 0 spiro atoms. The fourth-order valence-electron chi connectivity index (χ4n) is 1.50. The number of nitro groups is 1. The normalized spacial score (nSPS) is 10.0. The lowest BCUT2D eigenvalue weighted by Gasteiger charge is -2.18. The van der Waals surface area contributed by atoms with E-state index in [0.717, 1.165) is 0 Å². The Morgan fingerprint density at radius 3 is 2.67 bits per heavy atom. The second-order valence-corrected chi connectivity index (χ2v) is 5.12. The molecule has 0 saturated heterocycles. The number of anilines is 1. The van der Waals surface area contributed by atoms with Crippen molar-refractivity contribution in [2.75, 3.05) is 18.9 Å². The summed E-state index contributed by atoms with van der Waals surface area (Å²) in [5.41, 5.74) is 0.311. The molecule has 8 nitrogen and oxygen atoms in total. The largest absolute Gasteiger partial charge is 0.481 e. The number of nitrogens with zero attached hydrogens (tertiary/aromatic N) is 2. The first kappa shape index (κ1) is 16.9. The molecule has 0 radical (unpaired) electrons. The number of hydrogen-bond acceptors (Lipinski definition) is 4. The number of carboxylic acids is 1. The van der Waals surface area contributed by atoms with Crippen LogP contribution >= 0.6 is 15.9 Å². The fraction of sp³-hybridized carbons (Fsp3) is 0.333. The van der Waals surface area contributed by atoms with E-state index in [1.165, 1.54) is 30.1 Å².